The molecule has 5 heteroatoms. The molecule has 0 aliphatic heterocycles. The Labute approximate surface area is 98.8 Å². The second-order valence-corrected chi connectivity index (χ2v) is 3.51. The fourth-order valence-electron chi connectivity index (χ4n) is 1.15. The summed E-state index contributed by atoms with van der Waals surface area (Å²) in [6.07, 6.45) is 0.755. The van der Waals surface area contributed by atoms with Crippen molar-refractivity contribution in [2.45, 2.75) is 19.8 Å². The number of carbonyl (C=O) groups is 2. The van der Waals surface area contributed by atoms with E-state index in [2.05, 4.69) is 4.84 Å². The van der Waals surface area contributed by atoms with Crippen LogP contribution in [-0.2, 0) is 20.8 Å². The first-order valence-corrected chi connectivity index (χ1v) is 5.14. The van der Waals surface area contributed by atoms with Crippen LogP contribution < -0.4 is 0 Å². The molecule has 0 radical (unpaired) electrons. The second kappa shape index (κ2) is 6.12. The molecule has 0 saturated heterocycles. The van der Waals surface area contributed by atoms with Gasteiger partial charge in [0.05, 0.1) is 11.8 Å². The van der Waals surface area contributed by atoms with Gasteiger partial charge in [-0.1, -0.05) is 34.9 Å². The summed E-state index contributed by atoms with van der Waals surface area (Å²) >= 11 is 5.43. The number of benzene rings is 1. The van der Waals surface area contributed by atoms with E-state index >= 15 is 0 Å². The average molecular weight is 242 g/mol. The SMILES string of the molecule is CC(=O)ON(Cl)C(=O)CCc1ccccc1. The Balaban J connectivity index is 2.38. The first-order chi connectivity index (χ1) is 7.59. The molecule has 0 aliphatic rings. The summed E-state index contributed by atoms with van der Waals surface area (Å²) in [6, 6.07) is 9.52. The van der Waals surface area contributed by atoms with Crippen molar-refractivity contribution in [1.29, 1.82) is 0 Å². The number of hydrogen-bond donors (Lipinski definition) is 0. The number of amides is 1. The highest BCUT2D eigenvalue weighted by molar-refractivity contribution is 6.20. The van der Waals surface area contributed by atoms with E-state index in [9.17, 15) is 9.59 Å². The summed E-state index contributed by atoms with van der Waals surface area (Å²) in [7, 11) is 0. The summed E-state index contributed by atoms with van der Waals surface area (Å²) < 4.78 is 0.450. The standard InChI is InChI=1S/C11H12ClNO3/c1-9(14)16-13(12)11(15)8-7-10-5-3-2-4-6-10/h2-6H,7-8H2,1H3. The molecular weight excluding hydrogens is 230 g/mol. The minimum Gasteiger partial charge on any atom is -0.322 e. The summed E-state index contributed by atoms with van der Waals surface area (Å²) in [5.41, 5.74) is 1.03. The van der Waals surface area contributed by atoms with Crippen LogP contribution in [0.3, 0.4) is 0 Å². The number of halogens is 1. The largest absolute Gasteiger partial charge is 0.331 e. The van der Waals surface area contributed by atoms with E-state index in [0.29, 0.717) is 11.0 Å². The molecule has 0 aliphatic carbocycles. The predicted molar refractivity (Wildman–Crippen MR) is 59.2 cm³/mol. The van der Waals surface area contributed by atoms with Crippen LogP contribution >= 0.6 is 11.8 Å². The summed E-state index contributed by atoms with van der Waals surface area (Å²) in [4.78, 5) is 26.3. The van der Waals surface area contributed by atoms with Crippen LogP contribution in [0.4, 0.5) is 0 Å². The quantitative estimate of drug-likeness (QED) is 0.601. The van der Waals surface area contributed by atoms with Gasteiger partial charge in [0.25, 0.3) is 5.91 Å². The zero-order chi connectivity index (χ0) is 12.0. The first-order valence-electron chi connectivity index (χ1n) is 4.81. The molecule has 1 rings (SSSR count). The Hall–Kier alpha value is -1.55. The van der Waals surface area contributed by atoms with Crippen LogP contribution in [0.15, 0.2) is 30.3 Å². The molecule has 0 saturated carbocycles. The highest BCUT2D eigenvalue weighted by Gasteiger charge is 2.14. The number of carbonyl (C=O) groups excluding carboxylic acids is 2. The summed E-state index contributed by atoms with van der Waals surface area (Å²) in [5.74, 6) is -1.07. The zero-order valence-electron chi connectivity index (χ0n) is 8.85. The van der Waals surface area contributed by atoms with Crippen molar-refractivity contribution >= 4 is 23.7 Å². The van der Waals surface area contributed by atoms with Crippen LogP contribution in [-0.4, -0.2) is 16.5 Å². The molecule has 1 aromatic rings. The molecular formula is C11H12ClNO3. The molecule has 16 heavy (non-hydrogen) atoms. The van der Waals surface area contributed by atoms with Crippen molar-refractivity contribution in [3.05, 3.63) is 35.9 Å². The van der Waals surface area contributed by atoms with Crippen molar-refractivity contribution in [2.24, 2.45) is 0 Å². The van der Waals surface area contributed by atoms with Crippen molar-refractivity contribution in [3.8, 4) is 0 Å². The van der Waals surface area contributed by atoms with E-state index in [4.69, 9.17) is 11.8 Å². The molecule has 1 amide bonds. The van der Waals surface area contributed by atoms with Gasteiger partial charge < -0.3 is 4.84 Å². The molecule has 0 atom stereocenters. The number of hydroxylamine groups is 1. The number of nitrogens with zero attached hydrogens (tertiary/aromatic N) is 1. The van der Waals surface area contributed by atoms with Crippen molar-refractivity contribution in [3.63, 3.8) is 0 Å². The number of hydrogen-bond acceptors (Lipinski definition) is 3. The van der Waals surface area contributed by atoms with Crippen LogP contribution in [0.25, 0.3) is 0 Å². The lowest BCUT2D eigenvalue weighted by atomic mass is 10.1. The summed E-state index contributed by atoms with van der Waals surface area (Å²) in [5, 5.41) is 0. The maximum atomic E-state index is 11.4. The van der Waals surface area contributed by atoms with Gasteiger partial charge in [0, 0.05) is 13.3 Å². The number of rotatable bonds is 3. The molecule has 0 N–H and O–H groups in total. The molecule has 0 heterocycles. The fraction of sp³-hybridized carbons (Fsp3) is 0.273. The van der Waals surface area contributed by atoms with Gasteiger partial charge in [-0.15, -0.1) is 0 Å². The lowest BCUT2D eigenvalue weighted by molar-refractivity contribution is -0.176. The molecule has 86 valence electrons. The zero-order valence-corrected chi connectivity index (χ0v) is 9.61. The van der Waals surface area contributed by atoms with Crippen LogP contribution in [0.1, 0.15) is 18.9 Å². The topological polar surface area (TPSA) is 46.6 Å². The highest BCUT2D eigenvalue weighted by atomic mass is 35.5. The maximum Gasteiger partial charge on any atom is 0.331 e. The Morgan fingerprint density at radius 3 is 2.50 bits per heavy atom. The molecule has 0 bridgehead atoms. The number of aryl methyl sites for hydroxylation is 1. The van der Waals surface area contributed by atoms with Crippen LogP contribution in [0.2, 0.25) is 0 Å². The van der Waals surface area contributed by atoms with E-state index in [-0.39, 0.29) is 6.42 Å². The Kier molecular flexibility index (Phi) is 4.79. The third kappa shape index (κ3) is 4.31. The Morgan fingerprint density at radius 1 is 1.31 bits per heavy atom. The minimum atomic E-state index is -0.622. The third-order valence-electron chi connectivity index (χ3n) is 1.88. The molecule has 0 spiro atoms. The van der Waals surface area contributed by atoms with Crippen molar-refractivity contribution in [2.75, 3.05) is 0 Å². The van der Waals surface area contributed by atoms with Gasteiger partial charge in [0.2, 0.25) is 0 Å². The van der Waals surface area contributed by atoms with E-state index in [1.807, 2.05) is 30.3 Å². The maximum absolute atomic E-state index is 11.4. The van der Waals surface area contributed by atoms with Crippen LogP contribution in [0, 0.1) is 0 Å². The average Bonchev–Trinajstić information content (AvgIpc) is 2.26. The Morgan fingerprint density at radius 2 is 1.94 bits per heavy atom. The van der Waals surface area contributed by atoms with Crippen molar-refractivity contribution in [1.82, 2.24) is 4.58 Å². The monoisotopic (exact) mass is 241 g/mol. The van der Waals surface area contributed by atoms with E-state index < -0.39 is 11.9 Å². The normalized spacial score (nSPS) is 9.62. The van der Waals surface area contributed by atoms with Gasteiger partial charge in [-0.3, -0.25) is 4.79 Å². The summed E-state index contributed by atoms with van der Waals surface area (Å²) in [6.45, 7) is 1.18. The second-order valence-electron chi connectivity index (χ2n) is 3.21. The van der Waals surface area contributed by atoms with Gasteiger partial charge in [0.1, 0.15) is 0 Å². The van der Waals surface area contributed by atoms with E-state index in [1.54, 1.807) is 0 Å². The third-order valence-corrected chi connectivity index (χ3v) is 2.13. The molecule has 4 nitrogen and oxygen atoms in total. The predicted octanol–water partition coefficient (Wildman–Crippen LogP) is 2.08. The van der Waals surface area contributed by atoms with Gasteiger partial charge in [-0.2, -0.15) is 0 Å². The van der Waals surface area contributed by atoms with Crippen LogP contribution in [0.5, 0.6) is 0 Å². The van der Waals surface area contributed by atoms with Gasteiger partial charge in [-0.25, -0.2) is 4.79 Å². The Bertz CT molecular complexity index is 367. The lowest BCUT2D eigenvalue weighted by Crippen LogP contribution is -2.24. The smallest absolute Gasteiger partial charge is 0.322 e. The van der Waals surface area contributed by atoms with Gasteiger partial charge >= 0.3 is 5.97 Å². The van der Waals surface area contributed by atoms with Gasteiger partial charge in [-0.05, 0) is 12.0 Å². The molecule has 0 unspecified atom stereocenters. The van der Waals surface area contributed by atoms with E-state index in [1.165, 1.54) is 6.92 Å². The fourth-order valence-corrected chi connectivity index (χ4v) is 1.33. The molecule has 1 aromatic carbocycles. The van der Waals surface area contributed by atoms with Crippen molar-refractivity contribution < 1.29 is 14.4 Å². The minimum absolute atomic E-state index is 0.195. The highest BCUT2D eigenvalue weighted by Crippen LogP contribution is 2.06. The van der Waals surface area contributed by atoms with E-state index in [0.717, 1.165) is 5.56 Å². The lowest BCUT2D eigenvalue weighted by Gasteiger charge is -2.11. The molecule has 0 fully saturated rings. The van der Waals surface area contributed by atoms with Gasteiger partial charge in [0.15, 0.2) is 0 Å². The molecule has 0 aromatic heterocycles. The first kappa shape index (κ1) is 12.5.